The molecule has 2 aromatic rings. The Bertz CT molecular complexity index is 763. The molecule has 1 atom stereocenters. The van der Waals surface area contributed by atoms with Crippen molar-refractivity contribution in [1.29, 1.82) is 0 Å². The minimum Gasteiger partial charge on any atom is -0.458 e. The van der Waals surface area contributed by atoms with Gasteiger partial charge in [0.1, 0.15) is 5.60 Å². The van der Waals surface area contributed by atoms with Gasteiger partial charge in [-0.3, -0.25) is 4.99 Å². The highest BCUT2D eigenvalue weighted by Gasteiger charge is 2.30. The number of aliphatic imine (C=N–C) groups is 1. The predicted molar refractivity (Wildman–Crippen MR) is 101 cm³/mol. The Balaban J connectivity index is 1.88. The molecule has 3 rings (SSSR count). The molecule has 0 aromatic heterocycles. The third-order valence-corrected chi connectivity index (χ3v) is 4.65. The lowest BCUT2D eigenvalue weighted by atomic mass is 10.0. The van der Waals surface area contributed by atoms with E-state index < -0.39 is 11.6 Å². The number of esters is 1. The molecule has 0 spiro atoms. The minimum absolute atomic E-state index is 0.248. The number of benzene rings is 2. The van der Waals surface area contributed by atoms with Crippen LogP contribution in [0, 0.1) is 0 Å². The summed E-state index contributed by atoms with van der Waals surface area (Å²) in [7, 11) is 0. The molecule has 0 saturated carbocycles. The highest BCUT2D eigenvalue weighted by Crippen LogP contribution is 2.31. The average molecular weight is 339 g/mol. The molecule has 0 radical (unpaired) electrons. The number of hydrogen-bond acceptors (Lipinski definition) is 4. The lowest BCUT2D eigenvalue weighted by Gasteiger charge is -2.20. The molecule has 4 heteroatoms. The van der Waals surface area contributed by atoms with Crippen molar-refractivity contribution < 1.29 is 9.53 Å². The smallest absolute Gasteiger partial charge is 0.332 e. The summed E-state index contributed by atoms with van der Waals surface area (Å²) >= 11 is 1.62. The summed E-state index contributed by atoms with van der Waals surface area (Å²) in [5.74, 6) is 0.384. The molecule has 0 N–H and O–H groups in total. The second kappa shape index (κ2) is 6.81. The summed E-state index contributed by atoms with van der Waals surface area (Å²) in [5.41, 5.74) is 2.87. The zero-order chi connectivity index (χ0) is 17.2. The van der Waals surface area contributed by atoms with Gasteiger partial charge in [-0.05, 0) is 31.9 Å². The van der Waals surface area contributed by atoms with Crippen LogP contribution in [-0.4, -0.2) is 28.4 Å². The van der Waals surface area contributed by atoms with Crippen LogP contribution in [0.3, 0.4) is 0 Å². The van der Waals surface area contributed by atoms with Crippen molar-refractivity contribution in [2.75, 3.05) is 5.75 Å². The topological polar surface area (TPSA) is 38.7 Å². The maximum absolute atomic E-state index is 12.3. The summed E-state index contributed by atoms with van der Waals surface area (Å²) in [5, 5.41) is 0.908. The number of carbonyl (C=O) groups excluding carboxylic acids is 1. The Kier molecular flexibility index (Phi) is 4.76. The standard InChI is InChI=1S/C20H21NO2S/c1-20(2,3)23-19(22)17-13-24-18(21-17)16-12-8-7-11-15(16)14-9-5-4-6-10-14/h4-12,17H,13H2,1-3H3. The monoisotopic (exact) mass is 339 g/mol. The van der Waals surface area contributed by atoms with Crippen LogP contribution < -0.4 is 0 Å². The third-order valence-electron chi connectivity index (χ3n) is 3.57. The lowest BCUT2D eigenvalue weighted by molar-refractivity contribution is -0.155. The van der Waals surface area contributed by atoms with E-state index in [1.807, 2.05) is 51.1 Å². The molecule has 0 amide bonds. The van der Waals surface area contributed by atoms with Gasteiger partial charge in [0, 0.05) is 11.3 Å². The molecule has 1 aliphatic rings. The number of hydrogen-bond donors (Lipinski definition) is 0. The van der Waals surface area contributed by atoms with E-state index in [0.717, 1.165) is 21.7 Å². The number of carbonyl (C=O) groups is 1. The van der Waals surface area contributed by atoms with E-state index in [-0.39, 0.29) is 5.97 Å². The van der Waals surface area contributed by atoms with Gasteiger partial charge in [-0.2, -0.15) is 0 Å². The normalized spacial score (nSPS) is 17.5. The van der Waals surface area contributed by atoms with Gasteiger partial charge in [0.25, 0.3) is 0 Å². The van der Waals surface area contributed by atoms with Crippen LogP contribution in [0.2, 0.25) is 0 Å². The maximum atomic E-state index is 12.3. The molecular formula is C20H21NO2S. The van der Waals surface area contributed by atoms with Crippen LogP contribution >= 0.6 is 11.8 Å². The van der Waals surface area contributed by atoms with Crippen LogP contribution in [0.1, 0.15) is 26.3 Å². The quantitative estimate of drug-likeness (QED) is 0.770. The van der Waals surface area contributed by atoms with Crippen LogP contribution in [0.25, 0.3) is 11.1 Å². The number of thioether (sulfide) groups is 1. The number of nitrogens with zero attached hydrogens (tertiary/aromatic N) is 1. The number of ether oxygens (including phenoxy) is 1. The minimum atomic E-state index is -0.484. The lowest BCUT2D eigenvalue weighted by Crippen LogP contribution is -2.31. The second-order valence-electron chi connectivity index (χ2n) is 6.71. The molecule has 124 valence electrons. The molecule has 0 bridgehead atoms. The van der Waals surface area contributed by atoms with Crippen LogP contribution in [0.5, 0.6) is 0 Å². The van der Waals surface area contributed by atoms with Crippen molar-refractivity contribution in [3.8, 4) is 11.1 Å². The van der Waals surface area contributed by atoms with Gasteiger partial charge in [-0.1, -0.05) is 54.6 Å². The molecule has 1 heterocycles. The molecule has 0 aliphatic carbocycles. The van der Waals surface area contributed by atoms with E-state index >= 15 is 0 Å². The predicted octanol–water partition coefficient (Wildman–Crippen LogP) is 4.56. The highest BCUT2D eigenvalue weighted by atomic mass is 32.2. The molecule has 0 saturated heterocycles. The fourth-order valence-electron chi connectivity index (χ4n) is 2.55. The van der Waals surface area contributed by atoms with Gasteiger partial charge < -0.3 is 4.74 Å². The van der Waals surface area contributed by atoms with E-state index in [2.05, 4.69) is 29.3 Å². The van der Waals surface area contributed by atoms with Crippen molar-refractivity contribution >= 4 is 22.8 Å². The fraction of sp³-hybridized carbons (Fsp3) is 0.300. The van der Waals surface area contributed by atoms with Crippen LogP contribution in [0.15, 0.2) is 59.6 Å². The highest BCUT2D eigenvalue weighted by molar-refractivity contribution is 8.14. The van der Waals surface area contributed by atoms with Crippen molar-refractivity contribution in [2.45, 2.75) is 32.4 Å². The molecule has 1 unspecified atom stereocenters. The first-order valence-corrected chi connectivity index (χ1v) is 9.01. The van der Waals surface area contributed by atoms with Crippen LogP contribution in [0.4, 0.5) is 0 Å². The van der Waals surface area contributed by atoms with Gasteiger partial charge in [-0.15, -0.1) is 11.8 Å². The van der Waals surface area contributed by atoms with Gasteiger partial charge in [0.05, 0.1) is 5.04 Å². The van der Waals surface area contributed by atoms with E-state index in [9.17, 15) is 4.79 Å². The molecule has 3 nitrogen and oxygen atoms in total. The van der Waals surface area contributed by atoms with Crippen molar-refractivity contribution in [2.24, 2.45) is 4.99 Å². The Morgan fingerprint density at radius 1 is 1.04 bits per heavy atom. The Morgan fingerprint density at radius 2 is 1.67 bits per heavy atom. The van der Waals surface area contributed by atoms with Gasteiger partial charge >= 0.3 is 5.97 Å². The SMILES string of the molecule is CC(C)(C)OC(=O)C1CSC(c2ccccc2-c2ccccc2)=N1. The van der Waals surface area contributed by atoms with Gasteiger partial charge in [0.2, 0.25) is 0 Å². The molecule has 2 aromatic carbocycles. The Hall–Kier alpha value is -2.07. The first kappa shape index (κ1) is 16.8. The van der Waals surface area contributed by atoms with Crippen molar-refractivity contribution in [3.63, 3.8) is 0 Å². The zero-order valence-corrected chi connectivity index (χ0v) is 15.0. The second-order valence-corrected chi connectivity index (χ2v) is 7.71. The zero-order valence-electron chi connectivity index (χ0n) is 14.2. The van der Waals surface area contributed by atoms with Gasteiger partial charge in [-0.25, -0.2) is 4.79 Å². The summed E-state index contributed by atoms with van der Waals surface area (Å²) in [4.78, 5) is 16.9. The summed E-state index contributed by atoms with van der Waals surface area (Å²) in [6.45, 7) is 5.63. The summed E-state index contributed by atoms with van der Waals surface area (Å²) in [6, 6.07) is 18.0. The molecule has 24 heavy (non-hydrogen) atoms. The Morgan fingerprint density at radius 3 is 2.33 bits per heavy atom. The average Bonchev–Trinajstić information content (AvgIpc) is 3.04. The fourth-order valence-corrected chi connectivity index (χ4v) is 3.61. The largest absolute Gasteiger partial charge is 0.458 e. The van der Waals surface area contributed by atoms with E-state index in [1.165, 1.54) is 0 Å². The molecular weight excluding hydrogens is 318 g/mol. The van der Waals surface area contributed by atoms with Crippen LogP contribution in [-0.2, 0) is 9.53 Å². The van der Waals surface area contributed by atoms with Gasteiger partial charge in [0.15, 0.2) is 6.04 Å². The Labute approximate surface area is 147 Å². The summed E-state index contributed by atoms with van der Waals surface area (Å²) in [6.07, 6.45) is 0. The first-order valence-electron chi connectivity index (χ1n) is 8.02. The van der Waals surface area contributed by atoms with E-state index in [0.29, 0.717) is 5.75 Å². The molecule has 1 aliphatic heterocycles. The number of rotatable bonds is 3. The molecule has 0 fully saturated rings. The summed E-state index contributed by atoms with van der Waals surface area (Å²) < 4.78 is 5.46. The third kappa shape index (κ3) is 3.88. The van der Waals surface area contributed by atoms with Crippen molar-refractivity contribution in [1.82, 2.24) is 0 Å². The van der Waals surface area contributed by atoms with E-state index in [4.69, 9.17) is 4.74 Å². The van der Waals surface area contributed by atoms with Crippen molar-refractivity contribution in [3.05, 3.63) is 60.2 Å². The van der Waals surface area contributed by atoms with E-state index in [1.54, 1.807) is 11.8 Å². The first-order chi connectivity index (χ1) is 11.4. The maximum Gasteiger partial charge on any atom is 0.332 e.